The lowest BCUT2D eigenvalue weighted by Crippen LogP contribution is -1.99. The molecule has 59 heavy (non-hydrogen) atoms. The van der Waals surface area contributed by atoms with Gasteiger partial charge >= 0.3 is 7.60 Å². The van der Waals surface area contributed by atoms with Crippen LogP contribution in [0.25, 0.3) is 53.7 Å². The molecule has 0 amide bonds. The van der Waals surface area contributed by atoms with E-state index < -0.39 is 7.60 Å². The van der Waals surface area contributed by atoms with Crippen molar-refractivity contribution in [3.8, 4) is 32.6 Å². The first-order valence-electron chi connectivity index (χ1n) is 19.1. The predicted molar refractivity (Wildman–Crippen MR) is 245 cm³/mol. The number of carbonyl (C=O) groups is 1. The van der Waals surface area contributed by atoms with Crippen LogP contribution in [0.2, 0.25) is 0 Å². The topological polar surface area (TPSA) is 119 Å². The summed E-state index contributed by atoms with van der Waals surface area (Å²) in [6, 6.07) is 42.3. The summed E-state index contributed by atoms with van der Waals surface area (Å²) >= 11 is 3.41. The monoisotopic (exact) mass is 840 g/mol. The first-order chi connectivity index (χ1) is 28.5. The fraction of sp³-hybridized carbons (Fsp3) is 0.146. The summed E-state index contributed by atoms with van der Waals surface area (Å²) in [6.45, 7) is 8.59. The third kappa shape index (κ3) is 12.1. The number of aryl methyl sites for hydroxylation is 2. The van der Waals surface area contributed by atoms with Gasteiger partial charge in [0, 0.05) is 16.7 Å². The summed E-state index contributed by atoms with van der Waals surface area (Å²) in [5.41, 5.74) is 10.5. The van der Waals surface area contributed by atoms with Gasteiger partial charge in [-0.1, -0.05) is 84.9 Å². The minimum Gasteiger partial charge on any atom is -0.508 e. The fourth-order valence-electron chi connectivity index (χ4n) is 5.88. The molecule has 0 unspecified atom stereocenters. The Labute approximate surface area is 352 Å². The van der Waals surface area contributed by atoms with Crippen molar-refractivity contribution in [3.63, 3.8) is 0 Å². The molecule has 300 valence electrons. The predicted octanol–water partition coefficient (Wildman–Crippen LogP) is 13.4. The number of aromatic nitrogens is 2. The Balaban J connectivity index is 0.000000164. The van der Waals surface area contributed by atoms with Gasteiger partial charge in [0.25, 0.3) is 0 Å². The van der Waals surface area contributed by atoms with Crippen molar-refractivity contribution < 1.29 is 28.6 Å². The maximum atomic E-state index is 12.6. The normalized spacial score (nSPS) is 11.3. The van der Waals surface area contributed by atoms with Gasteiger partial charge in [0.15, 0.2) is 0 Å². The molecule has 2 N–H and O–H groups in total. The summed E-state index contributed by atoms with van der Waals surface area (Å²) < 4.78 is 25.8. The van der Waals surface area contributed by atoms with E-state index in [4.69, 9.17) is 24.1 Å². The summed E-state index contributed by atoms with van der Waals surface area (Å²) in [5, 5.41) is 20.1. The summed E-state index contributed by atoms with van der Waals surface area (Å²) in [7, 11) is -3.07. The van der Waals surface area contributed by atoms with Crippen LogP contribution in [-0.4, -0.2) is 39.7 Å². The highest BCUT2D eigenvalue weighted by Gasteiger charge is 2.24. The van der Waals surface area contributed by atoms with Crippen LogP contribution in [0.4, 0.5) is 0 Å². The second-order valence-electron chi connectivity index (χ2n) is 13.5. The van der Waals surface area contributed by atoms with Crippen LogP contribution in [0.5, 0.6) is 11.5 Å². The zero-order chi connectivity index (χ0) is 41.8. The number of carbonyl (C=O) groups excluding carboxylic acids is 1. The molecule has 0 saturated carbocycles. The maximum Gasteiger partial charge on any atom is 0.335 e. The first-order valence-corrected chi connectivity index (χ1v) is 22.4. The van der Waals surface area contributed by atoms with Gasteiger partial charge < -0.3 is 19.3 Å². The standard InChI is InChI=1S/C22H17NOS.C19H22NO3PS.C7H6O2/c1-15-2-13-20-21(14-15)25-22(23-20)18-9-5-16(6-10-18)3-4-17-7-11-19(24)12-8-17;1-4-22-24(21,23-5-2)13-15-7-9-16(10-8-15)19-20-17-11-6-14(3)12-18(17)25-19;8-5-6-1-3-7(9)4-2-6/h2-14,24H,1H3;6-12H,4-5,13H2,1-3H3;1-5,9H/b4-3+;;. The number of hydrogen-bond donors (Lipinski definition) is 2. The van der Waals surface area contributed by atoms with E-state index in [0.29, 0.717) is 18.8 Å². The number of hydrogen-bond acceptors (Lipinski definition) is 10. The third-order valence-corrected chi connectivity index (χ3v) is 13.1. The van der Waals surface area contributed by atoms with Crippen LogP contribution in [0, 0.1) is 13.8 Å². The van der Waals surface area contributed by atoms with Crippen molar-refractivity contribution in [1.29, 1.82) is 0 Å². The number of phenolic OH excluding ortho intramolecular Hbond substituents is 2. The Morgan fingerprint density at radius 2 is 0.983 bits per heavy atom. The Hall–Kier alpha value is -5.74. The van der Waals surface area contributed by atoms with E-state index in [0.717, 1.165) is 55.2 Å². The summed E-state index contributed by atoms with van der Waals surface area (Å²) in [4.78, 5) is 19.5. The largest absolute Gasteiger partial charge is 0.508 e. The van der Waals surface area contributed by atoms with Gasteiger partial charge in [0.1, 0.15) is 27.8 Å². The molecule has 11 heteroatoms. The second kappa shape index (κ2) is 20.3. The number of aromatic hydroxyl groups is 2. The number of rotatable bonds is 11. The molecule has 0 spiro atoms. The number of aldehydes is 1. The molecule has 6 aromatic carbocycles. The van der Waals surface area contributed by atoms with Crippen LogP contribution in [0.15, 0.2) is 133 Å². The van der Waals surface area contributed by atoms with E-state index in [9.17, 15) is 14.5 Å². The molecule has 8 nitrogen and oxygen atoms in total. The number of fused-ring (bicyclic) bond motifs is 2. The molecule has 0 radical (unpaired) electrons. The minimum absolute atomic E-state index is 0.181. The van der Waals surface area contributed by atoms with Crippen molar-refractivity contribution in [2.75, 3.05) is 13.2 Å². The van der Waals surface area contributed by atoms with Crippen LogP contribution in [0.3, 0.4) is 0 Å². The van der Waals surface area contributed by atoms with E-state index in [1.807, 2.05) is 56.3 Å². The van der Waals surface area contributed by atoms with Gasteiger partial charge in [-0.25, -0.2) is 9.97 Å². The molecule has 0 saturated heterocycles. The lowest BCUT2D eigenvalue weighted by molar-refractivity contribution is 0.112. The Morgan fingerprint density at radius 3 is 1.41 bits per heavy atom. The molecular weight excluding hydrogens is 796 g/mol. The van der Waals surface area contributed by atoms with E-state index in [1.165, 1.54) is 32.7 Å². The number of thiazole rings is 2. The Kier molecular flexibility index (Phi) is 14.7. The van der Waals surface area contributed by atoms with Crippen molar-refractivity contribution in [2.24, 2.45) is 0 Å². The SMILES string of the molecule is CCOP(=O)(Cc1ccc(-c2nc3ccc(C)cc3s2)cc1)OCC.Cc1ccc2nc(-c3ccc(/C=C/c4ccc(O)cc4)cc3)sc2c1.O=Cc1ccc(O)cc1. The number of benzene rings is 6. The van der Waals surface area contributed by atoms with E-state index in [1.54, 1.807) is 46.9 Å². The van der Waals surface area contributed by atoms with Gasteiger partial charge in [-0.3, -0.25) is 9.36 Å². The van der Waals surface area contributed by atoms with E-state index >= 15 is 0 Å². The molecule has 0 aliphatic carbocycles. The maximum absolute atomic E-state index is 12.6. The molecule has 0 bridgehead atoms. The van der Waals surface area contributed by atoms with Gasteiger partial charge in [-0.2, -0.15) is 0 Å². The number of phenols is 2. The van der Waals surface area contributed by atoms with E-state index in [2.05, 4.69) is 80.6 Å². The second-order valence-corrected chi connectivity index (χ2v) is 17.7. The van der Waals surface area contributed by atoms with Crippen LogP contribution in [0.1, 0.15) is 52.0 Å². The Morgan fingerprint density at radius 1 is 0.576 bits per heavy atom. The van der Waals surface area contributed by atoms with Gasteiger partial charge in [-0.05, 0) is 116 Å². The van der Waals surface area contributed by atoms with Gasteiger partial charge in [0.05, 0.1) is 39.8 Å². The quantitative estimate of drug-likeness (QED) is 0.0751. The molecule has 2 heterocycles. The molecule has 2 aromatic heterocycles. The molecular formula is C48H45N2O6PS2. The first kappa shape index (κ1) is 42.9. The summed E-state index contributed by atoms with van der Waals surface area (Å²) in [5.74, 6) is 0.466. The lowest BCUT2D eigenvalue weighted by Gasteiger charge is -2.17. The highest BCUT2D eigenvalue weighted by atomic mass is 32.1. The van der Waals surface area contributed by atoms with Crippen molar-refractivity contribution in [3.05, 3.63) is 167 Å². The molecule has 8 rings (SSSR count). The van der Waals surface area contributed by atoms with Crippen molar-refractivity contribution in [2.45, 2.75) is 33.9 Å². The average molecular weight is 841 g/mol. The molecule has 0 fully saturated rings. The molecule has 0 aliphatic heterocycles. The molecule has 0 atom stereocenters. The fourth-order valence-corrected chi connectivity index (χ4v) is 9.72. The lowest BCUT2D eigenvalue weighted by atomic mass is 10.1. The average Bonchev–Trinajstić information content (AvgIpc) is 3.86. The molecule has 8 aromatic rings. The zero-order valence-corrected chi connectivity index (χ0v) is 35.8. The van der Waals surface area contributed by atoms with Crippen LogP contribution in [-0.2, 0) is 19.8 Å². The zero-order valence-electron chi connectivity index (χ0n) is 33.2. The minimum atomic E-state index is -3.07. The van der Waals surface area contributed by atoms with Crippen molar-refractivity contribution in [1.82, 2.24) is 9.97 Å². The highest BCUT2D eigenvalue weighted by Crippen LogP contribution is 2.51. The number of nitrogens with zero attached hydrogens (tertiary/aromatic N) is 2. The summed E-state index contributed by atoms with van der Waals surface area (Å²) in [6.07, 6.45) is 5.13. The van der Waals surface area contributed by atoms with Crippen LogP contribution < -0.4 is 0 Å². The smallest absolute Gasteiger partial charge is 0.335 e. The molecule has 0 aliphatic rings. The third-order valence-electron chi connectivity index (χ3n) is 8.86. The van der Waals surface area contributed by atoms with E-state index in [-0.39, 0.29) is 17.7 Å². The van der Waals surface area contributed by atoms with Gasteiger partial charge in [-0.15, -0.1) is 22.7 Å². The Bertz CT molecular complexity index is 2680. The highest BCUT2D eigenvalue weighted by molar-refractivity contribution is 7.53. The van der Waals surface area contributed by atoms with Gasteiger partial charge in [0.2, 0.25) is 0 Å². The van der Waals surface area contributed by atoms with Crippen LogP contribution >= 0.6 is 30.3 Å². The van der Waals surface area contributed by atoms with Crippen molar-refractivity contribution >= 4 is 69.1 Å².